The zero-order valence-corrected chi connectivity index (χ0v) is 23.2. The zero-order valence-electron chi connectivity index (χ0n) is 19.3. The Morgan fingerprint density at radius 1 is 0.824 bits per heavy atom. The van der Waals surface area contributed by atoms with Gasteiger partial charge in [0.15, 0.2) is 5.15 Å². The molecule has 0 aliphatic carbocycles. The van der Waals surface area contributed by atoms with Gasteiger partial charge in [-0.15, -0.1) is 5.10 Å². The Morgan fingerprint density at radius 2 is 1.35 bits per heavy atom. The van der Waals surface area contributed by atoms with Gasteiger partial charge in [-0.25, -0.2) is 5.10 Å². The Morgan fingerprint density at radius 3 is 1.82 bits per heavy atom. The molecule has 0 spiro atoms. The fourth-order valence-corrected chi connectivity index (χ4v) is 5.51. The van der Waals surface area contributed by atoms with Crippen molar-refractivity contribution in [3.63, 3.8) is 0 Å². The van der Waals surface area contributed by atoms with Crippen molar-refractivity contribution in [1.29, 1.82) is 0 Å². The van der Waals surface area contributed by atoms with Crippen molar-refractivity contribution in [2.45, 2.75) is 39.5 Å². The molecule has 176 valence electrons. The van der Waals surface area contributed by atoms with Crippen molar-refractivity contribution in [2.24, 2.45) is 0 Å². The van der Waals surface area contributed by atoms with Gasteiger partial charge in [-0.3, -0.25) is 4.79 Å². The van der Waals surface area contributed by atoms with Gasteiger partial charge in [-0.05, 0) is 72.0 Å². The minimum atomic E-state index is -0.190. The first-order valence-electron chi connectivity index (χ1n) is 10.8. The second-order valence-electron chi connectivity index (χ2n) is 8.33. The number of benzene rings is 2. The van der Waals surface area contributed by atoms with E-state index in [4.69, 9.17) is 11.6 Å². The molecule has 0 radical (unpaired) electrons. The predicted molar refractivity (Wildman–Crippen MR) is 146 cm³/mol. The van der Waals surface area contributed by atoms with Crippen LogP contribution in [0.25, 0.3) is 22.3 Å². The van der Waals surface area contributed by atoms with Crippen LogP contribution in [0.2, 0.25) is 5.15 Å². The van der Waals surface area contributed by atoms with Gasteiger partial charge >= 0.3 is 0 Å². The molecular weight excluding hydrogens is 580 g/mol. The second kappa shape index (κ2) is 11.9. The van der Waals surface area contributed by atoms with Crippen molar-refractivity contribution in [3.8, 4) is 22.3 Å². The molecule has 0 aliphatic rings. The summed E-state index contributed by atoms with van der Waals surface area (Å²) in [6.45, 7) is 8.61. The molecule has 2 heterocycles. The highest BCUT2D eigenvalue weighted by atomic mass is 79.9. The van der Waals surface area contributed by atoms with Crippen molar-refractivity contribution >= 4 is 43.5 Å². The Bertz CT molecular complexity index is 1340. The summed E-state index contributed by atoms with van der Waals surface area (Å²) >= 11 is 13.1. The molecule has 0 unspecified atom stereocenters. The standard InChI is InChI=1S/C13H12BrClN2.C13H13BrN2O/c1-8(2)10-4-3-5-11(13(10)14)9-6-12(15)17-16-7-9;1-8(2)10-4-3-5-11(13(10)14)9-6-12(17)16-15-7-9/h3-8H,1-2H3;3-8H,1-2H3,(H,16,17). The fraction of sp³-hybridized carbons (Fsp3) is 0.231. The van der Waals surface area contributed by atoms with E-state index in [2.05, 4.69) is 92.1 Å². The minimum absolute atomic E-state index is 0.190. The molecule has 8 heteroatoms. The second-order valence-corrected chi connectivity index (χ2v) is 10.3. The first-order valence-corrected chi connectivity index (χ1v) is 12.8. The smallest absolute Gasteiger partial charge is 0.264 e. The Balaban J connectivity index is 0.000000191. The maximum atomic E-state index is 11.3. The quantitative estimate of drug-likeness (QED) is 0.256. The maximum absolute atomic E-state index is 11.3. The summed E-state index contributed by atoms with van der Waals surface area (Å²) < 4.78 is 2.13. The first-order chi connectivity index (χ1) is 16.2. The number of rotatable bonds is 4. The number of nitrogens with one attached hydrogen (secondary N) is 1. The highest BCUT2D eigenvalue weighted by Gasteiger charge is 2.12. The molecule has 5 nitrogen and oxygen atoms in total. The van der Waals surface area contributed by atoms with E-state index < -0.39 is 0 Å². The normalized spacial score (nSPS) is 10.9. The topological polar surface area (TPSA) is 71.5 Å². The number of H-pyrrole nitrogens is 1. The average molecular weight is 605 g/mol. The molecule has 0 aliphatic heterocycles. The number of aromatic nitrogens is 4. The molecule has 0 bridgehead atoms. The highest BCUT2D eigenvalue weighted by molar-refractivity contribution is 9.11. The number of hydrogen-bond donors (Lipinski definition) is 1. The van der Waals surface area contributed by atoms with E-state index in [0.29, 0.717) is 17.0 Å². The summed E-state index contributed by atoms with van der Waals surface area (Å²) in [6.07, 6.45) is 3.38. The van der Waals surface area contributed by atoms with E-state index in [-0.39, 0.29) is 5.56 Å². The molecule has 4 aromatic rings. The number of hydrogen-bond acceptors (Lipinski definition) is 4. The third kappa shape index (κ3) is 6.40. The van der Waals surface area contributed by atoms with Crippen molar-refractivity contribution < 1.29 is 0 Å². The lowest BCUT2D eigenvalue weighted by Crippen LogP contribution is -2.05. The minimum Gasteiger partial charge on any atom is -0.268 e. The van der Waals surface area contributed by atoms with Gasteiger partial charge in [0.1, 0.15) is 0 Å². The van der Waals surface area contributed by atoms with Crippen molar-refractivity contribution in [3.05, 3.63) is 96.5 Å². The Labute approximate surface area is 221 Å². The van der Waals surface area contributed by atoms with Crippen LogP contribution in [-0.4, -0.2) is 20.4 Å². The van der Waals surface area contributed by atoms with Crippen LogP contribution in [0.5, 0.6) is 0 Å². The van der Waals surface area contributed by atoms with E-state index >= 15 is 0 Å². The molecule has 0 saturated carbocycles. The van der Waals surface area contributed by atoms with Crippen LogP contribution in [0.4, 0.5) is 0 Å². The molecule has 0 atom stereocenters. The van der Waals surface area contributed by atoms with Gasteiger partial charge < -0.3 is 0 Å². The van der Waals surface area contributed by atoms with E-state index in [1.54, 1.807) is 18.5 Å². The molecule has 2 aromatic heterocycles. The first kappa shape index (κ1) is 26.3. The summed E-state index contributed by atoms with van der Waals surface area (Å²) in [5.41, 5.74) is 6.19. The van der Waals surface area contributed by atoms with Crippen LogP contribution in [-0.2, 0) is 0 Å². The third-order valence-corrected chi connectivity index (χ3v) is 7.17. The van der Waals surface area contributed by atoms with Gasteiger partial charge in [-0.1, -0.05) is 75.7 Å². The Hall–Kier alpha value is -2.35. The molecule has 0 saturated heterocycles. The fourth-order valence-electron chi connectivity index (χ4n) is 3.45. The van der Waals surface area contributed by atoms with E-state index in [1.807, 2.05) is 30.3 Å². The van der Waals surface area contributed by atoms with Crippen LogP contribution < -0.4 is 5.56 Å². The van der Waals surface area contributed by atoms with Gasteiger partial charge in [0.2, 0.25) is 0 Å². The maximum Gasteiger partial charge on any atom is 0.264 e. The van der Waals surface area contributed by atoms with E-state index in [0.717, 1.165) is 31.2 Å². The highest BCUT2D eigenvalue weighted by Crippen LogP contribution is 2.35. The van der Waals surface area contributed by atoms with Crippen LogP contribution in [0.15, 0.2) is 74.7 Å². The van der Waals surface area contributed by atoms with Gasteiger partial charge in [0.05, 0.1) is 12.4 Å². The van der Waals surface area contributed by atoms with E-state index in [9.17, 15) is 4.79 Å². The van der Waals surface area contributed by atoms with Gasteiger partial charge in [0, 0.05) is 26.1 Å². The van der Waals surface area contributed by atoms with Gasteiger partial charge in [-0.2, -0.15) is 10.2 Å². The van der Waals surface area contributed by atoms with Crippen LogP contribution in [0.3, 0.4) is 0 Å². The molecule has 4 rings (SSSR count). The molecule has 2 aromatic carbocycles. The number of aromatic amines is 1. The average Bonchev–Trinajstić information content (AvgIpc) is 2.79. The molecular formula is C26H25Br2ClN4O. The third-order valence-electron chi connectivity index (χ3n) is 5.21. The summed E-state index contributed by atoms with van der Waals surface area (Å²) in [6, 6.07) is 15.6. The summed E-state index contributed by atoms with van der Waals surface area (Å²) in [5, 5.41) is 14.2. The van der Waals surface area contributed by atoms with Crippen LogP contribution in [0, 0.1) is 0 Å². The molecule has 0 amide bonds. The number of nitrogens with zero attached hydrogens (tertiary/aromatic N) is 3. The van der Waals surface area contributed by atoms with E-state index in [1.165, 1.54) is 11.1 Å². The van der Waals surface area contributed by atoms with Crippen molar-refractivity contribution in [1.82, 2.24) is 20.4 Å². The molecule has 0 fully saturated rings. The zero-order chi connectivity index (χ0) is 24.8. The predicted octanol–water partition coefficient (Wildman–Crippen LogP) is 8.01. The number of halogens is 3. The lowest BCUT2D eigenvalue weighted by molar-refractivity contribution is 0.861. The largest absolute Gasteiger partial charge is 0.268 e. The lowest BCUT2D eigenvalue weighted by Gasteiger charge is -2.12. The lowest BCUT2D eigenvalue weighted by atomic mass is 9.98. The summed E-state index contributed by atoms with van der Waals surface area (Å²) in [5.74, 6) is 0.897. The summed E-state index contributed by atoms with van der Waals surface area (Å²) in [7, 11) is 0. The summed E-state index contributed by atoms with van der Waals surface area (Å²) in [4.78, 5) is 11.3. The van der Waals surface area contributed by atoms with Crippen LogP contribution in [0.1, 0.15) is 50.7 Å². The molecule has 1 N–H and O–H groups in total. The molecule has 34 heavy (non-hydrogen) atoms. The van der Waals surface area contributed by atoms with Crippen molar-refractivity contribution in [2.75, 3.05) is 0 Å². The SMILES string of the molecule is CC(C)c1cccc(-c2cn[nH]c(=O)c2)c1Br.CC(C)c1cccc(-c2cnnc(Cl)c2)c1Br. The van der Waals surface area contributed by atoms with Crippen LogP contribution >= 0.6 is 43.5 Å². The van der Waals surface area contributed by atoms with Gasteiger partial charge in [0.25, 0.3) is 5.56 Å². The monoisotopic (exact) mass is 602 g/mol. The Kier molecular flexibility index (Phi) is 9.17.